The van der Waals surface area contributed by atoms with Crippen LogP contribution < -0.4 is 10.2 Å². The van der Waals surface area contributed by atoms with Gasteiger partial charge in [-0.15, -0.1) is 0 Å². The summed E-state index contributed by atoms with van der Waals surface area (Å²) in [6.07, 6.45) is 3.63. The summed E-state index contributed by atoms with van der Waals surface area (Å²) in [4.78, 5) is 2.47. The van der Waals surface area contributed by atoms with Crippen molar-refractivity contribution in [2.24, 2.45) is 5.41 Å². The first-order chi connectivity index (χ1) is 9.53. The number of nitrogens with one attached hydrogen (secondary N) is 1. The van der Waals surface area contributed by atoms with Crippen LogP contribution in [0.2, 0.25) is 5.02 Å². The number of hydrogen-bond acceptors (Lipinski definition) is 2. The second-order valence-electron chi connectivity index (χ2n) is 6.58. The van der Waals surface area contributed by atoms with Crippen LogP contribution in [-0.2, 0) is 6.54 Å². The number of rotatable bonds is 5. The van der Waals surface area contributed by atoms with Gasteiger partial charge in [0.05, 0.1) is 10.7 Å². The van der Waals surface area contributed by atoms with Gasteiger partial charge in [-0.1, -0.05) is 44.5 Å². The average Bonchev–Trinajstić information content (AvgIpc) is 2.40. The Labute approximate surface area is 128 Å². The van der Waals surface area contributed by atoms with Gasteiger partial charge in [-0.25, -0.2) is 0 Å². The first-order valence-electron chi connectivity index (χ1n) is 7.76. The van der Waals surface area contributed by atoms with Crippen LogP contribution in [0, 0.1) is 5.41 Å². The van der Waals surface area contributed by atoms with E-state index < -0.39 is 0 Å². The fourth-order valence-corrected chi connectivity index (χ4v) is 3.11. The number of para-hydroxylation sites is 1. The highest BCUT2D eigenvalue weighted by atomic mass is 35.5. The van der Waals surface area contributed by atoms with E-state index in [1.54, 1.807) is 0 Å². The van der Waals surface area contributed by atoms with Crippen LogP contribution in [0.1, 0.15) is 45.6 Å². The van der Waals surface area contributed by atoms with Crippen molar-refractivity contribution in [1.82, 2.24) is 5.32 Å². The van der Waals surface area contributed by atoms with Gasteiger partial charge in [-0.3, -0.25) is 0 Å². The molecule has 0 spiro atoms. The molecule has 2 nitrogen and oxygen atoms in total. The van der Waals surface area contributed by atoms with Gasteiger partial charge in [0.15, 0.2) is 0 Å². The van der Waals surface area contributed by atoms with Gasteiger partial charge in [-0.2, -0.15) is 0 Å². The van der Waals surface area contributed by atoms with E-state index in [1.807, 2.05) is 6.07 Å². The second kappa shape index (κ2) is 6.82. The molecule has 20 heavy (non-hydrogen) atoms. The molecule has 0 aliphatic carbocycles. The Morgan fingerprint density at radius 2 is 1.95 bits per heavy atom. The summed E-state index contributed by atoms with van der Waals surface area (Å²) in [5.74, 6) is 0. The summed E-state index contributed by atoms with van der Waals surface area (Å²) in [6, 6.07) is 6.27. The zero-order valence-corrected chi connectivity index (χ0v) is 13.8. The maximum absolute atomic E-state index is 6.48. The third-order valence-electron chi connectivity index (χ3n) is 4.25. The van der Waals surface area contributed by atoms with E-state index in [0.29, 0.717) is 5.41 Å². The van der Waals surface area contributed by atoms with Crippen molar-refractivity contribution in [1.29, 1.82) is 0 Å². The number of hydrogen-bond donors (Lipinski definition) is 1. The van der Waals surface area contributed by atoms with Crippen molar-refractivity contribution in [3.8, 4) is 0 Å². The third-order valence-corrected chi connectivity index (χ3v) is 4.55. The predicted octanol–water partition coefficient (Wildman–Crippen LogP) is 4.47. The first kappa shape index (κ1) is 15.7. The van der Waals surface area contributed by atoms with Gasteiger partial charge in [0.2, 0.25) is 0 Å². The van der Waals surface area contributed by atoms with Gasteiger partial charge in [0.1, 0.15) is 0 Å². The van der Waals surface area contributed by atoms with Crippen molar-refractivity contribution < 1.29 is 0 Å². The molecule has 1 aromatic carbocycles. The van der Waals surface area contributed by atoms with E-state index in [-0.39, 0.29) is 0 Å². The molecule has 1 aliphatic rings. The maximum atomic E-state index is 6.48. The molecule has 0 unspecified atom stereocenters. The number of nitrogens with zero attached hydrogens (tertiary/aromatic N) is 1. The fourth-order valence-electron chi connectivity index (χ4n) is 2.79. The Kier molecular flexibility index (Phi) is 5.34. The summed E-state index contributed by atoms with van der Waals surface area (Å²) >= 11 is 6.48. The first-order valence-corrected chi connectivity index (χ1v) is 8.14. The van der Waals surface area contributed by atoms with Crippen LogP contribution in [0.5, 0.6) is 0 Å². The minimum Gasteiger partial charge on any atom is -0.370 e. The summed E-state index contributed by atoms with van der Waals surface area (Å²) < 4.78 is 0. The van der Waals surface area contributed by atoms with Gasteiger partial charge in [0, 0.05) is 19.6 Å². The highest BCUT2D eigenvalue weighted by Crippen LogP contribution is 2.36. The standard InChI is InChI=1S/C17H27ClN2/c1-4-10-19-13-14-6-5-7-15(18)16(14)20-11-8-17(2,3)9-12-20/h5-7,19H,4,8-13H2,1-3H3. The molecule has 0 atom stereocenters. The van der Waals surface area contributed by atoms with Crippen LogP contribution in [0.4, 0.5) is 5.69 Å². The molecule has 0 radical (unpaired) electrons. The van der Waals surface area contributed by atoms with Crippen LogP contribution in [0.3, 0.4) is 0 Å². The zero-order valence-electron chi connectivity index (χ0n) is 13.0. The van der Waals surface area contributed by atoms with Crippen molar-refractivity contribution in [3.05, 3.63) is 28.8 Å². The molecular formula is C17H27ClN2. The van der Waals surface area contributed by atoms with Crippen LogP contribution >= 0.6 is 11.6 Å². The third kappa shape index (κ3) is 3.89. The Morgan fingerprint density at radius 1 is 1.25 bits per heavy atom. The largest absolute Gasteiger partial charge is 0.370 e. The smallest absolute Gasteiger partial charge is 0.0642 e. The van der Waals surface area contributed by atoms with Crippen molar-refractivity contribution >= 4 is 17.3 Å². The van der Waals surface area contributed by atoms with E-state index in [4.69, 9.17) is 11.6 Å². The predicted molar refractivity (Wildman–Crippen MR) is 88.7 cm³/mol. The average molecular weight is 295 g/mol. The van der Waals surface area contributed by atoms with E-state index in [2.05, 4.69) is 43.1 Å². The van der Waals surface area contributed by atoms with Gasteiger partial charge in [0.25, 0.3) is 0 Å². The van der Waals surface area contributed by atoms with E-state index in [1.165, 1.54) is 24.1 Å². The molecule has 2 rings (SSSR count). The maximum Gasteiger partial charge on any atom is 0.0642 e. The highest BCUT2D eigenvalue weighted by Gasteiger charge is 2.27. The number of benzene rings is 1. The molecule has 3 heteroatoms. The minimum atomic E-state index is 0.471. The molecule has 112 valence electrons. The van der Waals surface area contributed by atoms with E-state index in [0.717, 1.165) is 37.6 Å². The van der Waals surface area contributed by atoms with Crippen molar-refractivity contribution in [3.63, 3.8) is 0 Å². The molecule has 1 N–H and O–H groups in total. The summed E-state index contributed by atoms with van der Waals surface area (Å²) in [5.41, 5.74) is 3.04. The van der Waals surface area contributed by atoms with Crippen LogP contribution in [0.25, 0.3) is 0 Å². The molecular weight excluding hydrogens is 268 g/mol. The molecule has 0 aromatic heterocycles. The lowest BCUT2D eigenvalue weighted by Gasteiger charge is -2.39. The molecule has 0 saturated carbocycles. The molecule has 1 saturated heterocycles. The molecule has 1 aromatic rings. The summed E-state index contributed by atoms with van der Waals surface area (Å²) in [6.45, 7) is 11.1. The minimum absolute atomic E-state index is 0.471. The van der Waals surface area contributed by atoms with E-state index in [9.17, 15) is 0 Å². The summed E-state index contributed by atoms with van der Waals surface area (Å²) in [5, 5.41) is 4.38. The molecule has 0 amide bonds. The van der Waals surface area contributed by atoms with Gasteiger partial charge < -0.3 is 10.2 Å². The Balaban J connectivity index is 2.13. The van der Waals surface area contributed by atoms with Gasteiger partial charge in [-0.05, 0) is 42.9 Å². The zero-order chi connectivity index (χ0) is 14.6. The normalized spacial score (nSPS) is 18.3. The molecule has 0 bridgehead atoms. The molecule has 1 heterocycles. The molecule has 1 aliphatic heterocycles. The second-order valence-corrected chi connectivity index (χ2v) is 6.98. The number of halogens is 1. The highest BCUT2D eigenvalue weighted by molar-refractivity contribution is 6.33. The quantitative estimate of drug-likeness (QED) is 0.806. The van der Waals surface area contributed by atoms with Gasteiger partial charge >= 0.3 is 0 Å². The monoisotopic (exact) mass is 294 g/mol. The Hall–Kier alpha value is -0.730. The van der Waals surface area contributed by atoms with Crippen LogP contribution in [-0.4, -0.2) is 19.6 Å². The SMILES string of the molecule is CCCNCc1cccc(Cl)c1N1CCC(C)(C)CC1. The molecule has 1 fully saturated rings. The Bertz CT molecular complexity index is 433. The van der Waals surface area contributed by atoms with Crippen molar-refractivity contribution in [2.75, 3.05) is 24.5 Å². The fraction of sp³-hybridized carbons (Fsp3) is 0.647. The van der Waals surface area contributed by atoms with Crippen LogP contribution in [0.15, 0.2) is 18.2 Å². The van der Waals surface area contributed by atoms with Crippen molar-refractivity contribution in [2.45, 2.75) is 46.6 Å². The lowest BCUT2D eigenvalue weighted by Crippen LogP contribution is -2.38. The number of anilines is 1. The summed E-state index contributed by atoms with van der Waals surface area (Å²) in [7, 11) is 0. The number of piperidine rings is 1. The topological polar surface area (TPSA) is 15.3 Å². The lowest BCUT2D eigenvalue weighted by atomic mass is 9.82. The van der Waals surface area contributed by atoms with E-state index >= 15 is 0 Å². The Morgan fingerprint density at radius 3 is 2.60 bits per heavy atom. The lowest BCUT2D eigenvalue weighted by molar-refractivity contribution is 0.279.